The number of halogens is 4. The molecule has 0 aliphatic rings. The zero-order valence-electron chi connectivity index (χ0n) is 17.5. The summed E-state index contributed by atoms with van der Waals surface area (Å²) in [5.74, 6) is 0.785. The molecule has 0 aliphatic heterocycles. The molecule has 0 unspecified atom stereocenters. The monoisotopic (exact) mass is 511 g/mol. The van der Waals surface area contributed by atoms with Crippen LogP contribution in [-0.2, 0) is 0 Å². The summed E-state index contributed by atoms with van der Waals surface area (Å²) in [7, 11) is 2.08. The van der Waals surface area contributed by atoms with E-state index in [0.29, 0.717) is 5.02 Å². The molecule has 30 heavy (non-hydrogen) atoms. The summed E-state index contributed by atoms with van der Waals surface area (Å²) in [4.78, 5) is 13.9. The zero-order chi connectivity index (χ0) is 19.4. The minimum atomic E-state index is 0. The van der Waals surface area contributed by atoms with Crippen molar-refractivity contribution in [1.82, 2.24) is 18.8 Å². The Labute approximate surface area is 206 Å². The molecule has 0 atom stereocenters. The Bertz CT molecular complexity index is 917. The van der Waals surface area contributed by atoms with Crippen LogP contribution in [0.1, 0.15) is 13.8 Å². The summed E-state index contributed by atoms with van der Waals surface area (Å²) >= 11 is 8.40. The lowest BCUT2D eigenvalue weighted by molar-refractivity contribution is 0.311. The van der Waals surface area contributed by atoms with Crippen molar-refractivity contribution < 1.29 is 0 Å². The van der Waals surface area contributed by atoms with Gasteiger partial charge in [-0.15, -0.1) is 37.2 Å². The average molecular weight is 513 g/mol. The van der Waals surface area contributed by atoms with Crippen molar-refractivity contribution in [2.24, 2.45) is 0 Å². The molecule has 0 bridgehead atoms. The van der Waals surface area contributed by atoms with Gasteiger partial charge in [0, 0.05) is 32.6 Å². The van der Waals surface area contributed by atoms with Gasteiger partial charge < -0.3 is 9.80 Å². The van der Waals surface area contributed by atoms with Gasteiger partial charge in [0.1, 0.15) is 5.69 Å². The number of hydrogen-bond donors (Lipinski definition) is 0. The fourth-order valence-corrected chi connectivity index (χ4v) is 4.17. The molecule has 0 saturated carbocycles. The number of para-hydroxylation sites is 2. The van der Waals surface area contributed by atoms with Gasteiger partial charge in [0.2, 0.25) is 0 Å². The highest BCUT2D eigenvalue weighted by atomic mass is 35.5. The normalized spacial score (nSPS) is 10.3. The van der Waals surface area contributed by atoms with Gasteiger partial charge in [-0.3, -0.25) is 8.96 Å². The molecular weight excluding hydrogens is 484 g/mol. The van der Waals surface area contributed by atoms with E-state index in [0.717, 1.165) is 54.4 Å². The summed E-state index contributed by atoms with van der Waals surface area (Å²) < 4.78 is 2.09. The molecule has 5 nitrogen and oxygen atoms in total. The molecule has 2 aromatic heterocycles. The van der Waals surface area contributed by atoms with Crippen LogP contribution in [0.25, 0.3) is 22.6 Å². The number of pyridine rings is 1. The SMILES string of the molecule is CCN(CC)CCN(C)c1ccnc(-c2nc3ccccc3n2SC)c1Cl.Cl.Cl.Cl. The van der Waals surface area contributed by atoms with E-state index in [1.165, 1.54) is 0 Å². The first kappa shape index (κ1) is 29.1. The molecule has 2 heterocycles. The van der Waals surface area contributed by atoms with Crippen LogP contribution < -0.4 is 4.90 Å². The Kier molecular flexibility index (Phi) is 13.1. The maximum absolute atomic E-state index is 6.80. The minimum absolute atomic E-state index is 0. The van der Waals surface area contributed by atoms with E-state index in [9.17, 15) is 0 Å². The molecule has 0 fully saturated rings. The Balaban J connectivity index is 0.00000280. The number of benzene rings is 1. The van der Waals surface area contributed by atoms with Crippen molar-refractivity contribution in [2.75, 3.05) is 44.4 Å². The van der Waals surface area contributed by atoms with Gasteiger partial charge >= 0.3 is 0 Å². The number of anilines is 1. The van der Waals surface area contributed by atoms with Gasteiger partial charge in [-0.05, 0) is 43.2 Å². The van der Waals surface area contributed by atoms with E-state index in [1.54, 1.807) is 11.9 Å². The maximum Gasteiger partial charge on any atom is 0.171 e. The van der Waals surface area contributed by atoms with E-state index in [2.05, 4.69) is 45.7 Å². The molecule has 10 heteroatoms. The molecule has 0 radical (unpaired) electrons. The van der Waals surface area contributed by atoms with Crippen molar-refractivity contribution in [3.63, 3.8) is 0 Å². The molecule has 0 N–H and O–H groups in total. The molecule has 1 aromatic carbocycles. The molecule has 168 valence electrons. The second kappa shape index (κ2) is 13.5. The maximum atomic E-state index is 6.80. The molecule has 0 amide bonds. The van der Waals surface area contributed by atoms with Crippen molar-refractivity contribution in [3.8, 4) is 11.5 Å². The fourth-order valence-electron chi connectivity index (χ4n) is 3.17. The largest absolute Gasteiger partial charge is 0.372 e. The van der Waals surface area contributed by atoms with Gasteiger partial charge in [-0.2, -0.15) is 0 Å². The molecule has 0 aliphatic carbocycles. The van der Waals surface area contributed by atoms with Crippen LogP contribution in [0.2, 0.25) is 5.02 Å². The summed E-state index contributed by atoms with van der Waals surface area (Å²) in [5.41, 5.74) is 3.71. The van der Waals surface area contributed by atoms with Crippen LogP contribution in [0, 0.1) is 0 Å². The van der Waals surface area contributed by atoms with Crippen LogP contribution in [0.4, 0.5) is 5.69 Å². The average Bonchev–Trinajstić information content (AvgIpc) is 3.07. The van der Waals surface area contributed by atoms with Gasteiger partial charge in [-0.25, -0.2) is 4.98 Å². The smallest absolute Gasteiger partial charge is 0.171 e. The van der Waals surface area contributed by atoms with Gasteiger partial charge in [-0.1, -0.05) is 37.6 Å². The summed E-state index contributed by atoms with van der Waals surface area (Å²) in [6, 6.07) is 10.1. The lowest BCUT2D eigenvalue weighted by atomic mass is 10.2. The van der Waals surface area contributed by atoms with Crippen LogP contribution >= 0.6 is 60.8 Å². The molecule has 3 rings (SSSR count). The topological polar surface area (TPSA) is 37.2 Å². The zero-order valence-corrected chi connectivity index (χ0v) is 21.6. The standard InChI is InChI=1S/C20H26ClN5S.3ClH/c1-5-25(6-2)14-13-24(3)17-11-12-22-19(18(17)21)20-23-15-9-7-8-10-16(15)26(20)27-4;;;/h7-12H,5-6,13-14H2,1-4H3;3*1H. The second-order valence-corrected chi connectivity index (χ2v) is 7.45. The first-order valence-corrected chi connectivity index (χ1v) is 10.8. The third kappa shape index (κ3) is 6.09. The summed E-state index contributed by atoms with van der Waals surface area (Å²) in [6.07, 6.45) is 3.85. The molecule has 0 spiro atoms. The first-order chi connectivity index (χ1) is 13.1. The highest BCUT2D eigenvalue weighted by molar-refractivity contribution is 7.97. The third-order valence-corrected chi connectivity index (χ3v) is 5.95. The van der Waals surface area contributed by atoms with Gasteiger partial charge in [0.05, 0.1) is 21.7 Å². The lowest BCUT2D eigenvalue weighted by Gasteiger charge is -2.25. The molecule has 3 aromatic rings. The predicted octanol–water partition coefficient (Wildman–Crippen LogP) is 5.92. The number of likely N-dealkylation sites (N-methyl/N-ethyl adjacent to an activating group) is 2. The molecule has 0 saturated heterocycles. The highest BCUT2D eigenvalue weighted by Gasteiger charge is 2.19. The number of fused-ring (bicyclic) bond motifs is 1. The number of rotatable bonds is 8. The lowest BCUT2D eigenvalue weighted by Crippen LogP contribution is -2.33. The Morgan fingerprint density at radius 2 is 1.70 bits per heavy atom. The predicted molar refractivity (Wildman–Crippen MR) is 140 cm³/mol. The quantitative estimate of drug-likeness (QED) is 0.374. The van der Waals surface area contributed by atoms with Crippen molar-refractivity contribution in [3.05, 3.63) is 41.6 Å². The van der Waals surface area contributed by atoms with Gasteiger partial charge in [0.15, 0.2) is 5.82 Å². The Morgan fingerprint density at radius 1 is 1.03 bits per heavy atom. The first-order valence-electron chi connectivity index (χ1n) is 9.21. The van der Waals surface area contributed by atoms with Crippen LogP contribution in [0.15, 0.2) is 36.5 Å². The van der Waals surface area contributed by atoms with E-state index in [1.807, 2.05) is 36.7 Å². The van der Waals surface area contributed by atoms with Crippen LogP contribution in [0.5, 0.6) is 0 Å². The Hall–Kier alpha value is -0.890. The minimum Gasteiger partial charge on any atom is -0.372 e. The van der Waals surface area contributed by atoms with Crippen molar-refractivity contribution in [1.29, 1.82) is 0 Å². The summed E-state index contributed by atoms with van der Waals surface area (Å²) in [5, 5.41) is 0.644. The van der Waals surface area contributed by atoms with Crippen molar-refractivity contribution >= 4 is 77.5 Å². The third-order valence-electron chi connectivity index (χ3n) is 4.84. The highest BCUT2D eigenvalue weighted by Crippen LogP contribution is 2.36. The van der Waals surface area contributed by atoms with Gasteiger partial charge in [0.25, 0.3) is 0 Å². The number of imidazole rings is 1. The van der Waals surface area contributed by atoms with E-state index >= 15 is 0 Å². The van der Waals surface area contributed by atoms with Crippen LogP contribution in [0.3, 0.4) is 0 Å². The number of nitrogens with zero attached hydrogens (tertiary/aromatic N) is 5. The second-order valence-electron chi connectivity index (χ2n) is 6.34. The van der Waals surface area contributed by atoms with E-state index < -0.39 is 0 Å². The summed E-state index contributed by atoms with van der Waals surface area (Å²) in [6.45, 7) is 8.39. The fraction of sp³-hybridized carbons (Fsp3) is 0.400. The molecular formula is C20H29Cl4N5S. The number of aromatic nitrogens is 3. The van der Waals surface area contributed by atoms with Crippen molar-refractivity contribution in [2.45, 2.75) is 13.8 Å². The van der Waals surface area contributed by atoms with E-state index in [4.69, 9.17) is 16.6 Å². The Morgan fingerprint density at radius 3 is 2.33 bits per heavy atom. The van der Waals surface area contributed by atoms with Crippen LogP contribution in [-0.4, -0.2) is 58.3 Å². The van der Waals surface area contributed by atoms with E-state index in [-0.39, 0.29) is 37.2 Å². The number of hydrogen-bond acceptors (Lipinski definition) is 5.